The molecule has 4 rings (SSSR count). The molecule has 0 aliphatic heterocycles. The minimum Gasteiger partial charge on any atom is -0.380 e. The summed E-state index contributed by atoms with van der Waals surface area (Å²) >= 11 is 0. The third kappa shape index (κ3) is 2.11. The lowest BCUT2D eigenvalue weighted by Crippen LogP contribution is -2.31. The average molecular weight is 278 g/mol. The van der Waals surface area contributed by atoms with Gasteiger partial charge in [0.2, 0.25) is 0 Å². The van der Waals surface area contributed by atoms with Crippen LogP contribution < -0.4 is 0 Å². The van der Waals surface area contributed by atoms with Crippen LogP contribution in [0.5, 0.6) is 0 Å². The van der Waals surface area contributed by atoms with E-state index in [1.807, 2.05) is 6.07 Å². The van der Waals surface area contributed by atoms with Crippen molar-refractivity contribution in [3.8, 4) is 0 Å². The number of hydrogen-bond acceptors (Lipinski definition) is 1. The van der Waals surface area contributed by atoms with Crippen molar-refractivity contribution in [2.24, 2.45) is 0 Å². The van der Waals surface area contributed by atoms with Gasteiger partial charge in [0.1, 0.15) is 5.60 Å². The van der Waals surface area contributed by atoms with Crippen LogP contribution in [0.25, 0.3) is 0 Å². The van der Waals surface area contributed by atoms with Crippen LogP contribution in [0.4, 0.5) is 0 Å². The van der Waals surface area contributed by atoms with Crippen molar-refractivity contribution >= 4 is 0 Å². The second kappa shape index (κ2) is 4.99. The normalized spacial score (nSPS) is 25.2. The second-order valence-electron chi connectivity index (χ2n) is 6.62. The van der Waals surface area contributed by atoms with E-state index >= 15 is 0 Å². The van der Waals surface area contributed by atoms with Gasteiger partial charge >= 0.3 is 0 Å². The fraction of sp³-hybridized carbons (Fsp3) is 0.400. The Morgan fingerprint density at radius 3 is 2.38 bits per heavy atom. The maximum absolute atomic E-state index is 11.3. The van der Waals surface area contributed by atoms with Crippen molar-refractivity contribution < 1.29 is 5.11 Å². The zero-order valence-corrected chi connectivity index (χ0v) is 12.4. The van der Waals surface area contributed by atoms with Crippen LogP contribution in [0.2, 0.25) is 0 Å². The van der Waals surface area contributed by atoms with Crippen LogP contribution in [0.3, 0.4) is 0 Å². The van der Waals surface area contributed by atoms with Gasteiger partial charge < -0.3 is 5.11 Å². The Balaban J connectivity index is 1.72. The first-order valence-corrected chi connectivity index (χ1v) is 8.18. The number of fused-ring (bicyclic) bond motifs is 1. The number of benzene rings is 2. The minimum atomic E-state index is -0.799. The second-order valence-corrected chi connectivity index (χ2v) is 6.62. The van der Waals surface area contributed by atoms with Gasteiger partial charge in [0.25, 0.3) is 0 Å². The molecule has 1 atom stereocenters. The van der Waals surface area contributed by atoms with Crippen molar-refractivity contribution in [3.05, 3.63) is 70.8 Å². The number of aryl methyl sites for hydroxylation is 1. The molecule has 0 saturated heterocycles. The molecular weight excluding hydrogens is 256 g/mol. The van der Waals surface area contributed by atoms with Gasteiger partial charge in [-0.2, -0.15) is 0 Å². The first-order valence-electron chi connectivity index (χ1n) is 8.18. The van der Waals surface area contributed by atoms with E-state index in [-0.39, 0.29) is 0 Å². The highest BCUT2D eigenvalue weighted by Crippen LogP contribution is 2.42. The molecule has 2 aromatic rings. The molecule has 1 nitrogen and oxygen atoms in total. The van der Waals surface area contributed by atoms with E-state index in [9.17, 15) is 5.11 Å². The molecule has 1 saturated carbocycles. The summed E-state index contributed by atoms with van der Waals surface area (Å²) in [7, 11) is 0. The molecule has 2 aliphatic carbocycles. The number of aliphatic hydroxyl groups is 1. The summed E-state index contributed by atoms with van der Waals surface area (Å²) in [5.41, 5.74) is 4.10. The van der Waals surface area contributed by atoms with E-state index in [1.165, 1.54) is 30.4 Å². The quantitative estimate of drug-likeness (QED) is 0.856. The fourth-order valence-electron chi connectivity index (χ4n) is 3.88. The SMILES string of the molecule is OC1(c2ccc(C3CCC3)cc2)CCCc2ccccc21. The third-order valence-corrected chi connectivity index (χ3v) is 5.41. The zero-order chi connectivity index (χ0) is 14.3. The van der Waals surface area contributed by atoms with Crippen molar-refractivity contribution in [1.29, 1.82) is 0 Å². The average Bonchev–Trinajstić information content (AvgIpc) is 2.47. The van der Waals surface area contributed by atoms with Crippen LogP contribution in [-0.4, -0.2) is 5.11 Å². The monoisotopic (exact) mass is 278 g/mol. The van der Waals surface area contributed by atoms with Crippen LogP contribution in [-0.2, 0) is 12.0 Å². The maximum Gasteiger partial charge on any atom is 0.115 e. The summed E-state index contributed by atoms with van der Waals surface area (Å²) in [4.78, 5) is 0. The fourth-order valence-corrected chi connectivity index (χ4v) is 3.88. The molecule has 0 bridgehead atoms. The highest BCUT2D eigenvalue weighted by Gasteiger charge is 2.35. The summed E-state index contributed by atoms with van der Waals surface area (Å²) in [5.74, 6) is 0.757. The number of hydrogen-bond donors (Lipinski definition) is 1. The molecule has 2 aliphatic rings. The lowest BCUT2D eigenvalue weighted by Gasteiger charge is -2.35. The molecule has 1 heteroatoms. The van der Waals surface area contributed by atoms with Gasteiger partial charge in [-0.05, 0) is 60.3 Å². The molecule has 1 fully saturated rings. The van der Waals surface area contributed by atoms with E-state index in [0.717, 1.165) is 36.3 Å². The largest absolute Gasteiger partial charge is 0.380 e. The van der Waals surface area contributed by atoms with Crippen LogP contribution in [0, 0.1) is 0 Å². The molecule has 0 radical (unpaired) electrons. The van der Waals surface area contributed by atoms with E-state index in [1.54, 1.807) is 0 Å². The van der Waals surface area contributed by atoms with Gasteiger partial charge in [-0.1, -0.05) is 55.0 Å². The van der Waals surface area contributed by atoms with E-state index < -0.39 is 5.60 Å². The molecular formula is C20H22O. The van der Waals surface area contributed by atoms with Gasteiger partial charge in [0, 0.05) is 0 Å². The van der Waals surface area contributed by atoms with Crippen LogP contribution in [0.1, 0.15) is 60.3 Å². The Morgan fingerprint density at radius 2 is 1.67 bits per heavy atom. The molecule has 0 amide bonds. The minimum absolute atomic E-state index is 0.757. The zero-order valence-electron chi connectivity index (χ0n) is 12.4. The first-order chi connectivity index (χ1) is 10.3. The summed E-state index contributed by atoms with van der Waals surface area (Å²) in [6.07, 6.45) is 6.98. The van der Waals surface area contributed by atoms with Gasteiger partial charge in [-0.15, -0.1) is 0 Å². The smallest absolute Gasteiger partial charge is 0.115 e. The first kappa shape index (κ1) is 13.1. The van der Waals surface area contributed by atoms with Crippen LogP contribution in [0.15, 0.2) is 48.5 Å². The van der Waals surface area contributed by atoms with Crippen molar-refractivity contribution in [2.45, 2.75) is 50.0 Å². The van der Waals surface area contributed by atoms with E-state index in [4.69, 9.17) is 0 Å². The summed E-state index contributed by atoms with van der Waals surface area (Å²) in [6, 6.07) is 17.1. The standard InChI is InChI=1S/C20H22O/c21-20(14-4-8-17-5-1-2-9-19(17)20)18-12-10-16(11-13-18)15-6-3-7-15/h1-2,5,9-13,15,21H,3-4,6-8,14H2. The Labute approximate surface area is 126 Å². The predicted molar refractivity (Wildman–Crippen MR) is 85.4 cm³/mol. The van der Waals surface area contributed by atoms with Gasteiger partial charge in [-0.3, -0.25) is 0 Å². The lowest BCUT2D eigenvalue weighted by molar-refractivity contribution is 0.0615. The van der Waals surface area contributed by atoms with Crippen LogP contribution >= 0.6 is 0 Å². The van der Waals surface area contributed by atoms with E-state index in [2.05, 4.69) is 42.5 Å². The van der Waals surface area contributed by atoms with Gasteiger partial charge in [-0.25, -0.2) is 0 Å². The molecule has 1 N–H and O–H groups in total. The Bertz CT molecular complexity index is 639. The third-order valence-electron chi connectivity index (χ3n) is 5.41. The van der Waals surface area contributed by atoms with Crippen molar-refractivity contribution in [1.82, 2.24) is 0 Å². The van der Waals surface area contributed by atoms with Gasteiger partial charge in [0.15, 0.2) is 0 Å². The topological polar surface area (TPSA) is 20.2 Å². The Hall–Kier alpha value is -1.60. The van der Waals surface area contributed by atoms with E-state index in [0.29, 0.717) is 0 Å². The highest BCUT2D eigenvalue weighted by molar-refractivity contribution is 5.43. The molecule has 0 spiro atoms. The lowest BCUT2D eigenvalue weighted by atomic mass is 9.74. The van der Waals surface area contributed by atoms with Gasteiger partial charge in [0.05, 0.1) is 0 Å². The van der Waals surface area contributed by atoms with Crippen molar-refractivity contribution in [3.63, 3.8) is 0 Å². The maximum atomic E-state index is 11.3. The Kier molecular flexibility index (Phi) is 3.11. The molecule has 1 unspecified atom stereocenters. The summed E-state index contributed by atoms with van der Waals surface area (Å²) in [5, 5.41) is 11.3. The highest BCUT2D eigenvalue weighted by atomic mass is 16.3. The molecule has 0 heterocycles. The number of rotatable bonds is 2. The Morgan fingerprint density at radius 1 is 0.905 bits per heavy atom. The molecule has 2 aromatic carbocycles. The summed E-state index contributed by atoms with van der Waals surface area (Å²) in [6.45, 7) is 0. The molecule has 21 heavy (non-hydrogen) atoms. The van der Waals surface area contributed by atoms with Crippen molar-refractivity contribution in [2.75, 3.05) is 0 Å². The molecule has 108 valence electrons. The molecule has 0 aromatic heterocycles. The summed E-state index contributed by atoms with van der Waals surface area (Å²) < 4.78 is 0. The predicted octanol–water partition coefficient (Wildman–Crippen LogP) is 4.53.